The first-order valence-corrected chi connectivity index (χ1v) is 8.03. The van der Waals surface area contributed by atoms with Crippen molar-refractivity contribution in [3.63, 3.8) is 0 Å². The van der Waals surface area contributed by atoms with Gasteiger partial charge >= 0.3 is 5.97 Å². The second-order valence-electron chi connectivity index (χ2n) is 5.31. The molecule has 0 bridgehead atoms. The normalized spacial score (nSPS) is 10.7. The Balaban J connectivity index is 3.97. The molecule has 0 aliphatic carbocycles. The van der Waals surface area contributed by atoms with Gasteiger partial charge < -0.3 is 4.74 Å². The number of carbonyl (C=O) groups excluding carboxylic acids is 1. The van der Waals surface area contributed by atoms with E-state index < -0.39 is 0 Å². The van der Waals surface area contributed by atoms with Crippen molar-refractivity contribution < 1.29 is 9.53 Å². The summed E-state index contributed by atoms with van der Waals surface area (Å²) in [5.41, 5.74) is 0. The Morgan fingerprint density at radius 1 is 1.00 bits per heavy atom. The molecule has 0 unspecified atom stereocenters. The largest absolute Gasteiger partial charge is 0.461 e. The summed E-state index contributed by atoms with van der Waals surface area (Å²) in [4.78, 5) is 12.0. The smallest absolute Gasteiger partial charge is 0.309 e. The first-order chi connectivity index (χ1) is 9.26. The van der Waals surface area contributed by atoms with E-state index in [2.05, 4.69) is 20.4 Å². The third-order valence-electron chi connectivity index (χ3n) is 3.49. The lowest BCUT2D eigenvalue weighted by atomic mass is 9.94. The van der Waals surface area contributed by atoms with Gasteiger partial charge in [-0.1, -0.05) is 77.9 Å². The van der Waals surface area contributed by atoms with Crippen LogP contribution in [0.4, 0.5) is 0 Å². The standard InChI is InChI=1S/C17H32O2/c1-4-7-9-11-13-16(14-12-10-8-5-2)17(18)19-15-6-3/h6,16H,3-5,7-15H2,1-2H3. The Hall–Kier alpha value is -0.790. The van der Waals surface area contributed by atoms with Crippen molar-refractivity contribution in [3.8, 4) is 0 Å². The minimum atomic E-state index is -0.0205. The molecule has 0 saturated carbocycles. The number of unbranched alkanes of at least 4 members (excludes halogenated alkanes) is 6. The van der Waals surface area contributed by atoms with Crippen LogP contribution in [-0.2, 0) is 9.53 Å². The van der Waals surface area contributed by atoms with E-state index in [1.807, 2.05) is 0 Å². The summed E-state index contributed by atoms with van der Waals surface area (Å²) >= 11 is 0. The van der Waals surface area contributed by atoms with Gasteiger partial charge in [0.05, 0.1) is 5.92 Å². The van der Waals surface area contributed by atoms with Crippen molar-refractivity contribution in [2.45, 2.75) is 78.1 Å². The molecule has 0 heterocycles. The van der Waals surface area contributed by atoms with Crippen LogP contribution in [0.3, 0.4) is 0 Å². The van der Waals surface area contributed by atoms with Gasteiger partial charge in [0.1, 0.15) is 6.61 Å². The molecular formula is C17H32O2. The Kier molecular flexibility index (Phi) is 13.1. The van der Waals surface area contributed by atoms with Crippen LogP contribution in [0.15, 0.2) is 12.7 Å². The van der Waals surface area contributed by atoms with E-state index in [4.69, 9.17) is 4.74 Å². The van der Waals surface area contributed by atoms with E-state index in [9.17, 15) is 4.79 Å². The summed E-state index contributed by atoms with van der Waals surface area (Å²) in [6.45, 7) is 8.35. The highest BCUT2D eigenvalue weighted by Gasteiger charge is 2.18. The molecule has 0 aliphatic heterocycles. The number of esters is 1. The molecule has 19 heavy (non-hydrogen) atoms. The third kappa shape index (κ3) is 10.8. The fraction of sp³-hybridized carbons (Fsp3) is 0.824. The van der Waals surface area contributed by atoms with Crippen LogP contribution < -0.4 is 0 Å². The molecule has 2 nitrogen and oxygen atoms in total. The van der Waals surface area contributed by atoms with E-state index in [1.165, 1.54) is 38.5 Å². The highest BCUT2D eigenvalue weighted by Crippen LogP contribution is 2.19. The number of hydrogen-bond donors (Lipinski definition) is 0. The van der Waals surface area contributed by atoms with E-state index in [1.54, 1.807) is 6.08 Å². The first-order valence-electron chi connectivity index (χ1n) is 8.03. The zero-order valence-electron chi connectivity index (χ0n) is 13.0. The summed E-state index contributed by atoms with van der Waals surface area (Å²) in [5, 5.41) is 0. The molecule has 0 aliphatic rings. The van der Waals surface area contributed by atoms with E-state index >= 15 is 0 Å². The highest BCUT2D eigenvalue weighted by atomic mass is 16.5. The van der Waals surface area contributed by atoms with Crippen LogP contribution in [0.5, 0.6) is 0 Å². The second-order valence-corrected chi connectivity index (χ2v) is 5.31. The molecule has 112 valence electrons. The van der Waals surface area contributed by atoms with Crippen LogP contribution in [0, 0.1) is 5.92 Å². The van der Waals surface area contributed by atoms with Gasteiger partial charge in [-0.25, -0.2) is 0 Å². The van der Waals surface area contributed by atoms with Gasteiger partial charge in [0.25, 0.3) is 0 Å². The Morgan fingerprint density at radius 2 is 1.53 bits per heavy atom. The van der Waals surface area contributed by atoms with Gasteiger partial charge in [-0.2, -0.15) is 0 Å². The number of carbonyl (C=O) groups is 1. The molecule has 0 fully saturated rings. The lowest BCUT2D eigenvalue weighted by molar-refractivity contribution is -0.147. The molecule has 0 aromatic heterocycles. The van der Waals surface area contributed by atoms with E-state index in [-0.39, 0.29) is 11.9 Å². The fourth-order valence-electron chi connectivity index (χ4n) is 2.27. The lowest BCUT2D eigenvalue weighted by Crippen LogP contribution is -2.18. The average Bonchev–Trinajstić information content (AvgIpc) is 2.43. The highest BCUT2D eigenvalue weighted by molar-refractivity contribution is 5.72. The summed E-state index contributed by atoms with van der Waals surface area (Å²) in [5.74, 6) is 0.0848. The minimum Gasteiger partial charge on any atom is -0.461 e. The van der Waals surface area contributed by atoms with Gasteiger partial charge in [-0.3, -0.25) is 4.79 Å². The minimum absolute atomic E-state index is 0.0205. The molecule has 0 spiro atoms. The third-order valence-corrected chi connectivity index (χ3v) is 3.49. The van der Waals surface area contributed by atoms with Crippen molar-refractivity contribution in [1.29, 1.82) is 0 Å². The molecule has 0 aromatic carbocycles. The number of rotatable bonds is 13. The van der Waals surface area contributed by atoms with Gasteiger partial charge in [0, 0.05) is 0 Å². The van der Waals surface area contributed by atoms with Gasteiger partial charge in [-0.15, -0.1) is 0 Å². The average molecular weight is 268 g/mol. The molecule has 2 heteroatoms. The van der Waals surface area contributed by atoms with Crippen LogP contribution >= 0.6 is 0 Å². The zero-order valence-corrected chi connectivity index (χ0v) is 13.0. The number of ether oxygens (including phenoxy) is 1. The molecule has 0 saturated heterocycles. The molecule has 0 atom stereocenters. The maximum atomic E-state index is 12.0. The molecule has 0 amide bonds. The second kappa shape index (κ2) is 13.6. The molecule has 0 N–H and O–H groups in total. The Morgan fingerprint density at radius 3 is 1.95 bits per heavy atom. The van der Waals surface area contributed by atoms with Crippen LogP contribution in [0.2, 0.25) is 0 Å². The van der Waals surface area contributed by atoms with E-state index in [0.29, 0.717) is 6.61 Å². The first kappa shape index (κ1) is 18.2. The monoisotopic (exact) mass is 268 g/mol. The predicted molar refractivity (Wildman–Crippen MR) is 82.2 cm³/mol. The molecule has 0 aromatic rings. The fourth-order valence-corrected chi connectivity index (χ4v) is 2.27. The number of hydrogen-bond acceptors (Lipinski definition) is 2. The lowest BCUT2D eigenvalue weighted by Gasteiger charge is -2.15. The molecule has 0 radical (unpaired) electrons. The summed E-state index contributed by atoms with van der Waals surface area (Å²) in [6, 6.07) is 0. The maximum absolute atomic E-state index is 12.0. The predicted octanol–water partition coefficient (Wildman–Crippen LogP) is 5.27. The Bertz CT molecular complexity index is 211. The quantitative estimate of drug-likeness (QED) is 0.258. The van der Waals surface area contributed by atoms with Crippen molar-refractivity contribution in [3.05, 3.63) is 12.7 Å². The maximum Gasteiger partial charge on any atom is 0.309 e. The zero-order chi connectivity index (χ0) is 14.3. The van der Waals surface area contributed by atoms with Crippen molar-refractivity contribution >= 4 is 5.97 Å². The van der Waals surface area contributed by atoms with Gasteiger partial charge in [-0.05, 0) is 12.8 Å². The van der Waals surface area contributed by atoms with Crippen LogP contribution in [-0.4, -0.2) is 12.6 Å². The van der Waals surface area contributed by atoms with Crippen molar-refractivity contribution in [2.24, 2.45) is 5.92 Å². The van der Waals surface area contributed by atoms with Crippen LogP contribution in [0.25, 0.3) is 0 Å². The van der Waals surface area contributed by atoms with Crippen molar-refractivity contribution in [2.75, 3.05) is 6.61 Å². The molecular weight excluding hydrogens is 236 g/mol. The molecule has 0 rings (SSSR count). The Labute approximate surface area is 119 Å². The topological polar surface area (TPSA) is 26.3 Å². The summed E-state index contributed by atoms with van der Waals surface area (Å²) in [7, 11) is 0. The van der Waals surface area contributed by atoms with Gasteiger partial charge in [0.2, 0.25) is 0 Å². The SMILES string of the molecule is C=CCOC(=O)C(CCCCCC)CCCCCC. The van der Waals surface area contributed by atoms with Crippen LogP contribution in [0.1, 0.15) is 78.1 Å². The summed E-state index contributed by atoms with van der Waals surface area (Å²) < 4.78 is 5.21. The summed E-state index contributed by atoms with van der Waals surface area (Å²) in [6.07, 6.45) is 13.4. The van der Waals surface area contributed by atoms with E-state index in [0.717, 1.165) is 25.7 Å². The van der Waals surface area contributed by atoms with Crippen molar-refractivity contribution in [1.82, 2.24) is 0 Å². The van der Waals surface area contributed by atoms with Gasteiger partial charge in [0.15, 0.2) is 0 Å².